The van der Waals surface area contributed by atoms with E-state index in [4.69, 9.17) is 4.74 Å². The van der Waals surface area contributed by atoms with Gasteiger partial charge < -0.3 is 30.5 Å². The lowest BCUT2D eigenvalue weighted by atomic mass is 10.4. The van der Waals surface area contributed by atoms with Gasteiger partial charge in [-0.05, 0) is 51.9 Å². The van der Waals surface area contributed by atoms with Crippen molar-refractivity contribution < 1.29 is 4.74 Å². The molecule has 2 aliphatic rings. The summed E-state index contributed by atoms with van der Waals surface area (Å²) in [5.41, 5.74) is 0. The van der Waals surface area contributed by atoms with E-state index in [1.165, 1.54) is 58.4 Å². The molecule has 2 rings (SSSR count). The summed E-state index contributed by atoms with van der Waals surface area (Å²) >= 11 is 0. The van der Waals surface area contributed by atoms with Gasteiger partial charge in [0, 0.05) is 52.4 Å². The van der Waals surface area contributed by atoms with Gasteiger partial charge in [0.2, 0.25) is 0 Å². The average molecular weight is 342 g/mol. The van der Waals surface area contributed by atoms with Crippen molar-refractivity contribution >= 4 is 0 Å². The number of nitrogens with zero attached hydrogens (tertiary/aromatic N) is 2. The zero-order valence-electron chi connectivity index (χ0n) is 15.5. The number of nitrogens with one attached hydrogen (secondary N) is 3. The molecule has 0 amide bonds. The Morgan fingerprint density at radius 1 is 0.542 bits per heavy atom. The van der Waals surface area contributed by atoms with E-state index in [1.54, 1.807) is 0 Å². The third kappa shape index (κ3) is 9.91. The van der Waals surface area contributed by atoms with Gasteiger partial charge in [0.15, 0.2) is 0 Å². The zero-order valence-corrected chi connectivity index (χ0v) is 15.5. The number of likely N-dealkylation sites (tertiary alicyclic amines) is 2. The maximum atomic E-state index is 5.67. The maximum Gasteiger partial charge on any atom is 0.0594 e. The summed E-state index contributed by atoms with van der Waals surface area (Å²) in [4.78, 5) is 5.05. The highest BCUT2D eigenvalue weighted by atomic mass is 16.5. The van der Waals surface area contributed by atoms with Gasteiger partial charge in [-0.3, -0.25) is 0 Å². The lowest BCUT2D eigenvalue weighted by Gasteiger charge is -2.15. The fraction of sp³-hybridized carbons (Fsp3) is 1.00. The van der Waals surface area contributed by atoms with Crippen molar-refractivity contribution in [1.82, 2.24) is 25.8 Å². The molecule has 0 unspecified atom stereocenters. The van der Waals surface area contributed by atoms with Crippen molar-refractivity contribution in [3.05, 3.63) is 0 Å². The maximum absolute atomic E-state index is 5.67. The Bertz CT molecular complexity index is 253. The second-order valence-corrected chi connectivity index (χ2v) is 6.96. The monoisotopic (exact) mass is 341 g/mol. The van der Waals surface area contributed by atoms with Crippen molar-refractivity contribution in [3.63, 3.8) is 0 Å². The van der Waals surface area contributed by atoms with Crippen LogP contribution in [0.5, 0.6) is 0 Å². The molecule has 0 aliphatic carbocycles. The quantitative estimate of drug-likeness (QED) is 0.364. The molecule has 0 bridgehead atoms. The van der Waals surface area contributed by atoms with Crippen LogP contribution in [0, 0.1) is 0 Å². The van der Waals surface area contributed by atoms with Gasteiger partial charge in [-0.2, -0.15) is 0 Å². The van der Waals surface area contributed by atoms with Crippen LogP contribution in [0.2, 0.25) is 0 Å². The summed E-state index contributed by atoms with van der Waals surface area (Å²) < 4.78 is 5.67. The molecule has 142 valence electrons. The molecule has 2 fully saturated rings. The van der Waals surface area contributed by atoms with Gasteiger partial charge in [0.05, 0.1) is 13.2 Å². The first-order valence-electron chi connectivity index (χ1n) is 10.1. The first-order chi connectivity index (χ1) is 11.9. The van der Waals surface area contributed by atoms with Crippen LogP contribution in [0.15, 0.2) is 0 Å². The van der Waals surface area contributed by atoms with Gasteiger partial charge >= 0.3 is 0 Å². The highest BCUT2D eigenvalue weighted by molar-refractivity contribution is 4.67. The normalized spacial score (nSPS) is 19.5. The van der Waals surface area contributed by atoms with E-state index in [9.17, 15) is 0 Å². The highest BCUT2D eigenvalue weighted by Crippen LogP contribution is 2.06. The lowest BCUT2D eigenvalue weighted by molar-refractivity contribution is 0.113. The zero-order chi connectivity index (χ0) is 16.7. The predicted octanol–water partition coefficient (Wildman–Crippen LogP) is -0.0366. The summed E-state index contributed by atoms with van der Waals surface area (Å²) in [7, 11) is 0. The summed E-state index contributed by atoms with van der Waals surface area (Å²) in [5.74, 6) is 0. The molecule has 0 spiro atoms. The Hall–Kier alpha value is -0.240. The van der Waals surface area contributed by atoms with Crippen LogP contribution in [-0.4, -0.2) is 102 Å². The minimum Gasteiger partial charge on any atom is -0.379 e. The first-order valence-corrected chi connectivity index (χ1v) is 10.1. The molecule has 0 aromatic rings. The van der Waals surface area contributed by atoms with Crippen LogP contribution in [0.1, 0.15) is 25.7 Å². The van der Waals surface area contributed by atoms with Crippen LogP contribution < -0.4 is 16.0 Å². The minimum absolute atomic E-state index is 0.825. The van der Waals surface area contributed by atoms with E-state index in [1.807, 2.05) is 0 Å². The third-order valence-corrected chi connectivity index (χ3v) is 4.93. The number of hydrogen-bond donors (Lipinski definition) is 3. The summed E-state index contributed by atoms with van der Waals surface area (Å²) in [5, 5.41) is 10.4. The van der Waals surface area contributed by atoms with Gasteiger partial charge in [-0.15, -0.1) is 0 Å². The Morgan fingerprint density at radius 2 is 1.04 bits per heavy atom. The molecule has 0 aromatic heterocycles. The number of hydrogen-bond acceptors (Lipinski definition) is 6. The Labute approximate surface area is 148 Å². The molecule has 0 atom stereocenters. The summed E-state index contributed by atoms with van der Waals surface area (Å²) in [6.45, 7) is 15.4. The smallest absolute Gasteiger partial charge is 0.0594 e. The summed E-state index contributed by atoms with van der Waals surface area (Å²) in [6.07, 6.45) is 5.50. The Morgan fingerprint density at radius 3 is 1.67 bits per heavy atom. The fourth-order valence-corrected chi connectivity index (χ4v) is 3.42. The van der Waals surface area contributed by atoms with Crippen LogP contribution in [0.4, 0.5) is 0 Å². The second kappa shape index (κ2) is 14.0. The molecule has 2 saturated heterocycles. The Kier molecular flexibility index (Phi) is 11.7. The molecule has 3 N–H and O–H groups in total. The average Bonchev–Trinajstić information content (AvgIpc) is 3.28. The highest BCUT2D eigenvalue weighted by Gasteiger charge is 2.10. The number of rotatable bonds is 15. The summed E-state index contributed by atoms with van der Waals surface area (Å²) in [6, 6.07) is 0. The van der Waals surface area contributed by atoms with Crippen LogP contribution >= 0.6 is 0 Å². The minimum atomic E-state index is 0.825. The fourth-order valence-electron chi connectivity index (χ4n) is 3.42. The molecule has 6 heteroatoms. The van der Waals surface area contributed by atoms with Crippen molar-refractivity contribution in [1.29, 1.82) is 0 Å². The molecule has 6 nitrogen and oxygen atoms in total. The van der Waals surface area contributed by atoms with E-state index < -0.39 is 0 Å². The molecular weight excluding hydrogens is 302 g/mol. The van der Waals surface area contributed by atoms with Crippen molar-refractivity contribution in [2.24, 2.45) is 0 Å². The third-order valence-electron chi connectivity index (χ3n) is 4.93. The van der Waals surface area contributed by atoms with Gasteiger partial charge in [0.1, 0.15) is 0 Å². The van der Waals surface area contributed by atoms with Crippen molar-refractivity contribution in [3.8, 4) is 0 Å². The van der Waals surface area contributed by atoms with Crippen molar-refractivity contribution in [2.45, 2.75) is 25.7 Å². The standard InChI is InChI=1S/C18H39N5O/c1-2-12-22(11-1)15-9-20-7-5-19-6-8-21-10-17-24-18-16-23-13-3-4-14-23/h19-21H,1-18H2. The SMILES string of the molecule is C1CCN(CCNCCNCCNCCOCCN2CCCC2)C1. The van der Waals surface area contributed by atoms with E-state index >= 15 is 0 Å². The molecule has 0 saturated carbocycles. The Balaban J connectivity index is 1.21. The van der Waals surface area contributed by atoms with E-state index in [2.05, 4.69) is 25.8 Å². The molecule has 2 heterocycles. The van der Waals surface area contributed by atoms with E-state index in [-0.39, 0.29) is 0 Å². The van der Waals surface area contributed by atoms with Gasteiger partial charge in [-0.25, -0.2) is 0 Å². The number of ether oxygens (including phenoxy) is 1. The van der Waals surface area contributed by atoms with Crippen LogP contribution in [0.25, 0.3) is 0 Å². The topological polar surface area (TPSA) is 51.8 Å². The molecule has 0 radical (unpaired) electrons. The molecule has 24 heavy (non-hydrogen) atoms. The van der Waals surface area contributed by atoms with Gasteiger partial charge in [-0.1, -0.05) is 0 Å². The van der Waals surface area contributed by atoms with E-state index in [0.717, 1.165) is 59.0 Å². The van der Waals surface area contributed by atoms with Crippen LogP contribution in [0.3, 0.4) is 0 Å². The lowest BCUT2D eigenvalue weighted by Crippen LogP contribution is -2.36. The van der Waals surface area contributed by atoms with Gasteiger partial charge in [0.25, 0.3) is 0 Å². The second-order valence-electron chi connectivity index (χ2n) is 6.96. The van der Waals surface area contributed by atoms with Crippen molar-refractivity contribution in [2.75, 3.05) is 91.8 Å². The first kappa shape index (κ1) is 20.1. The van der Waals surface area contributed by atoms with E-state index in [0.29, 0.717) is 0 Å². The predicted molar refractivity (Wildman–Crippen MR) is 101 cm³/mol. The molecule has 2 aliphatic heterocycles. The van der Waals surface area contributed by atoms with Crippen LogP contribution in [-0.2, 0) is 4.74 Å². The molecule has 0 aromatic carbocycles. The largest absolute Gasteiger partial charge is 0.379 e. The molecular formula is C18H39N5O.